The molecular weight excluding hydrogens is 310 g/mol. The van der Waals surface area contributed by atoms with Gasteiger partial charge in [-0.25, -0.2) is 0 Å². The summed E-state index contributed by atoms with van der Waals surface area (Å²) in [6, 6.07) is 6.31. The molecule has 0 aromatic heterocycles. The number of ether oxygens (including phenoxy) is 1. The van der Waals surface area contributed by atoms with Crippen molar-refractivity contribution in [2.45, 2.75) is 6.92 Å². The van der Waals surface area contributed by atoms with Crippen molar-refractivity contribution in [1.29, 1.82) is 0 Å². The molecule has 1 rings (SSSR count). The number of carbonyl (C=O) groups is 3. The fourth-order valence-corrected chi connectivity index (χ4v) is 1.40. The number of benzene rings is 1. The zero-order valence-electron chi connectivity index (χ0n) is 12.4. The van der Waals surface area contributed by atoms with E-state index >= 15 is 0 Å². The highest BCUT2D eigenvalue weighted by molar-refractivity contribution is 5.97. The second kappa shape index (κ2) is 9.75. The van der Waals surface area contributed by atoms with Gasteiger partial charge in [0.1, 0.15) is 6.54 Å². The first-order chi connectivity index (χ1) is 9.97. The van der Waals surface area contributed by atoms with Crippen molar-refractivity contribution in [3.05, 3.63) is 29.8 Å². The van der Waals surface area contributed by atoms with Crippen molar-refractivity contribution in [3.8, 4) is 0 Å². The van der Waals surface area contributed by atoms with Crippen LogP contribution in [0.2, 0.25) is 0 Å². The number of methoxy groups -OCH3 is 1. The van der Waals surface area contributed by atoms with Gasteiger partial charge < -0.3 is 21.1 Å². The lowest BCUT2D eigenvalue weighted by Gasteiger charge is -2.10. The van der Waals surface area contributed by atoms with E-state index in [-0.39, 0.29) is 37.3 Å². The lowest BCUT2D eigenvalue weighted by Crippen LogP contribution is -2.30. The van der Waals surface area contributed by atoms with E-state index < -0.39 is 11.9 Å². The van der Waals surface area contributed by atoms with Crippen LogP contribution in [0.5, 0.6) is 0 Å². The summed E-state index contributed by atoms with van der Waals surface area (Å²) in [5, 5.41) is 5.11. The second-order valence-corrected chi connectivity index (χ2v) is 4.46. The molecular formula is C14H20ClN3O4. The van der Waals surface area contributed by atoms with E-state index in [1.54, 1.807) is 31.2 Å². The van der Waals surface area contributed by atoms with Crippen LogP contribution in [0.1, 0.15) is 17.3 Å². The van der Waals surface area contributed by atoms with Crippen LogP contribution >= 0.6 is 12.4 Å². The molecule has 0 saturated heterocycles. The molecule has 0 fully saturated rings. The van der Waals surface area contributed by atoms with Crippen molar-refractivity contribution in [3.63, 3.8) is 0 Å². The van der Waals surface area contributed by atoms with Gasteiger partial charge in [0, 0.05) is 23.7 Å². The molecule has 122 valence electrons. The average Bonchev–Trinajstić information content (AvgIpc) is 2.51. The van der Waals surface area contributed by atoms with Crippen LogP contribution in [0, 0.1) is 5.92 Å². The maximum Gasteiger partial charge on any atom is 0.325 e. The highest BCUT2D eigenvalue weighted by atomic mass is 35.5. The van der Waals surface area contributed by atoms with Crippen LogP contribution < -0.4 is 16.4 Å². The minimum absolute atomic E-state index is 0. The molecule has 1 atom stereocenters. The monoisotopic (exact) mass is 329 g/mol. The van der Waals surface area contributed by atoms with Crippen molar-refractivity contribution in [1.82, 2.24) is 5.32 Å². The van der Waals surface area contributed by atoms with E-state index in [2.05, 4.69) is 15.4 Å². The Morgan fingerprint density at radius 3 is 2.32 bits per heavy atom. The zero-order chi connectivity index (χ0) is 15.8. The SMILES string of the molecule is COC(=O)CNC(=O)c1ccc(NC(=O)C(C)CN)cc1.Cl. The molecule has 0 spiro atoms. The highest BCUT2D eigenvalue weighted by Gasteiger charge is 2.12. The van der Waals surface area contributed by atoms with E-state index in [4.69, 9.17) is 5.73 Å². The molecule has 4 N–H and O–H groups in total. The van der Waals surface area contributed by atoms with Crippen LogP contribution in [0.15, 0.2) is 24.3 Å². The number of anilines is 1. The molecule has 8 heteroatoms. The molecule has 1 aromatic rings. The van der Waals surface area contributed by atoms with Crippen molar-refractivity contribution in [2.24, 2.45) is 11.7 Å². The second-order valence-electron chi connectivity index (χ2n) is 4.46. The number of nitrogens with two attached hydrogens (primary N) is 1. The van der Waals surface area contributed by atoms with Gasteiger partial charge in [0.25, 0.3) is 5.91 Å². The summed E-state index contributed by atoms with van der Waals surface area (Å²) in [5.74, 6) is -1.38. The number of hydrogen-bond donors (Lipinski definition) is 3. The maximum atomic E-state index is 11.7. The fourth-order valence-electron chi connectivity index (χ4n) is 1.40. The van der Waals surface area contributed by atoms with E-state index in [1.165, 1.54) is 7.11 Å². The average molecular weight is 330 g/mol. The lowest BCUT2D eigenvalue weighted by atomic mass is 10.1. The van der Waals surface area contributed by atoms with Gasteiger partial charge in [-0.3, -0.25) is 14.4 Å². The lowest BCUT2D eigenvalue weighted by molar-refractivity contribution is -0.139. The molecule has 0 bridgehead atoms. The maximum absolute atomic E-state index is 11.7. The van der Waals surface area contributed by atoms with Crippen LogP contribution in [0.4, 0.5) is 5.69 Å². The molecule has 0 heterocycles. The molecule has 0 radical (unpaired) electrons. The van der Waals surface area contributed by atoms with Crippen LogP contribution in [-0.4, -0.2) is 38.0 Å². The molecule has 0 aliphatic heterocycles. The number of amides is 2. The molecule has 0 aliphatic rings. The van der Waals surface area contributed by atoms with Crippen LogP contribution in [0.25, 0.3) is 0 Å². The van der Waals surface area contributed by atoms with Gasteiger partial charge in [0.2, 0.25) is 5.91 Å². The summed E-state index contributed by atoms with van der Waals surface area (Å²) >= 11 is 0. The number of esters is 1. The predicted octanol–water partition coefficient (Wildman–Crippen LogP) is 0.544. The number of rotatable bonds is 6. The zero-order valence-corrected chi connectivity index (χ0v) is 13.2. The summed E-state index contributed by atoms with van der Waals surface area (Å²) in [4.78, 5) is 34.3. The third kappa shape index (κ3) is 6.11. The largest absolute Gasteiger partial charge is 0.468 e. The Morgan fingerprint density at radius 1 is 1.23 bits per heavy atom. The molecule has 22 heavy (non-hydrogen) atoms. The summed E-state index contributed by atoms with van der Waals surface area (Å²) < 4.78 is 4.42. The predicted molar refractivity (Wildman–Crippen MR) is 84.9 cm³/mol. The Kier molecular flexibility index (Phi) is 8.81. The standard InChI is InChI=1S/C14H19N3O4.ClH/c1-9(7-15)13(19)17-11-5-3-10(4-6-11)14(20)16-8-12(18)21-2;/h3-6,9H,7-8,15H2,1-2H3,(H,16,20)(H,17,19);1H. The Balaban J connectivity index is 0.00000441. The number of halogens is 1. The number of hydrogen-bond acceptors (Lipinski definition) is 5. The Labute approximate surface area is 135 Å². The molecule has 2 amide bonds. The minimum Gasteiger partial charge on any atom is -0.468 e. The molecule has 0 saturated carbocycles. The van der Waals surface area contributed by atoms with Gasteiger partial charge in [-0.15, -0.1) is 12.4 Å². The van der Waals surface area contributed by atoms with E-state index in [0.717, 1.165) is 0 Å². The Morgan fingerprint density at radius 2 is 1.82 bits per heavy atom. The summed E-state index contributed by atoms with van der Waals surface area (Å²) in [6.45, 7) is 1.80. The first kappa shape index (κ1) is 19.9. The molecule has 0 aliphatic carbocycles. The summed E-state index contributed by atoms with van der Waals surface area (Å²) in [6.07, 6.45) is 0. The van der Waals surface area contributed by atoms with Crippen molar-refractivity contribution in [2.75, 3.05) is 25.5 Å². The van der Waals surface area contributed by atoms with Gasteiger partial charge in [-0.2, -0.15) is 0 Å². The Hall–Kier alpha value is -2.12. The van der Waals surface area contributed by atoms with E-state index in [0.29, 0.717) is 11.3 Å². The highest BCUT2D eigenvalue weighted by Crippen LogP contribution is 2.10. The summed E-state index contributed by atoms with van der Waals surface area (Å²) in [7, 11) is 1.24. The minimum atomic E-state index is -0.525. The van der Waals surface area contributed by atoms with Gasteiger partial charge in [-0.05, 0) is 24.3 Å². The molecule has 1 aromatic carbocycles. The third-order valence-corrected chi connectivity index (χ3v) is 2.84. The van der Waals surface area contributed by atoms with E-state index in [1.807, 2.05) is 0 Å². The fraction of sp³-hybridized carbons (Fsp3) is 0.357. The number of carbonyl (C=O) groups excluding carboxylic acids is 3. The number of nitrogens with one attached hydrogen (secondary N) is 2. The molecule has 7 nitrogen and oxygen atoms in total. The first-order valence-corrected chi connectivity index (χ1v) is 6.44. The van der Waals surface area contributed by atoms with Crippen LogP contribution in [-0.2, 0) is 14.3 Å². The van der Waals surface area contributed by atoms with Gasteiger partial charge >= 0.3 is 5.97 Å². The van der Waals surface area contributed by atoms with E-state index in [9.17, 15) is 14.4 Å². The van der Waals surface area contributed by atoms with Gasteiger partial charge in [0.05, 0.1) is 7.11 Å². The van der Waals surface area contributed by atoms with Gasteiger partial charge in [0.15, 0.2) is 0 Å². The first-order valence-electron chi connectivity index (χ1n) is 6.44. The topological polar surface area (TPSA) is 111 Å². The Bertz CT molecular complexity index is 519. The normalized spacial score (nSPS) is 10.9. The summed E-state index contributed by atoms with van der Waals surface area (Å²) in [5.41, 5.74) is 6.36. The van der Waals surface area contributed by atoms with Gasteiger partial charge in [-0.1, -0.05) is 6.92 Å². The molecule has 1 unspecified atom stereocenters. The smallest absolute Gasteiger partial charge is 0.325 e. The van der Waals surface area contributed by atoms with Crippen molar-refractivity contribution < 1.29 is 19.1 Å². The van der Waals surface area contributed by atoms with Crippen molar-refractivity contribution >= 4 is 35.9 Å². The van der Waals surface area contributed by atoms with Crippen LogP contribution in [0.3, 0.4) is 0 Å². The third-order valence-electron chi connectivity index (χ3n) is 2.84. The quantitative estimate of drug-likeness (QED) is 0.660.